The molecule has 0 unspecified atom stereocenters. The summed E-state index contributed by atoms with van der Waals surface area (Å²) in [5, 5.41) is 0. The zero-order valence-corrected chi connectivity index (χ0v) is 76.2. The first-order valence-electron chi connectivity index (χ1n) is 37.5. The monoisotopic (exact) mass is 1580 g/mol. The van der Waals surface area contributed by atoms with Crippen LogP contribution in [0.4, 0.5) is 0 Å². The first-order valence-corrected chi connectivity index (χ1v) is 41.8. The van der Waals surface area contributed by atoms with E-state index in [1.54, 1.807) is 0 Å². The third kappa shape index (κ3) is 23.6. The molecular formula is C87H126AlO18P3. The van der Waals surface area contributed by atoms with Crippen molar-refractivity contribution in [1.29, 1.82) is 0 Å². The van der Waals surface area contributed by atoms with Crippen molar-refractivity contribution < 1.29 is 85.7 Å². The second-order valence-corrected chi connectivity index (χ2v) is 45.5. The third-order valence-electron chi connectivity index (χ3n) is 19.5. The Balaban J connectivity index is 0.000000254. The fraction of sp³-hybridized carbons (Fsp3) is 0.586. The van der Waals surface area contributed by atoms with Gasteiger partial charge in [-0.2, -0.15) is 0 Å². The van der Waals surface area contributed by atoms with Gasteiger partial charge in [0.25, 0.3) is 0 Å². The summed E-state index contributed by atoms with van der Waals surface area (Å²) in [7, 11) is -14.8. The van der Waals surface area contributed by atoms with E-state index in [2.05, 4.69) is 322 Å². The smallest absolute Gasteiger partial charge is 0.751 e. The molecule has 600 valence electrons. The van der Waals surface area contributed by atoms with Crippen LogP contribution >= 0.6 is 23.5 Å². The van der Waals surface area contributed by atoms with Crippen molar-refractivity contribution in [2.75, 3.05) is 0 Å². The van der Waals surface area contributed by atoms with Crippen LogP contribution in [0.3, 0.4) is 0 Å². The minimum Gasteiger partial charge on any atom is -0.751 e. The summed E-state index contributed by atoms with van der Waals surface area (Å²) < 4.78 is 67.0. The Kier molecular flexibility index (Phi) is 27.0. The molecule has 0 saturated carbocycles. The molecule has 22 heteroatoms. The molecule has 0 amide bonds. The first-order chi connectivity index (χ1) is 48.3. The van der Waals surface area contributed by atoms with Crippen LogP contribution in [0, 0.1) is 0 Å². The molecule has 3 aliphatic rings. The molecule has 0 N–H and O–H groups in total. The molecule has 3 heterocycles. The molecular weight excluding hydrogens is 1450 g/mol. The van der Waals surface area contributed by atoms with Gasteiger partial charge in [-0.05, 0) is 98.4 Å². The van der Waals surface area contributed by atoms with Crippen LogP contribution in [0.1, 0.15) is 349 Å². The summed E-state index contributed by atoms with van der Waals surface area (Å²) in [6.45, 7) is 76.0. The Morgan fingerprint density at radius 3 is 0.413 bits per heavy atom. The molecule has 0 spiro atoms. The Bertz CT molecular complexity index is 3750. The number of benzene rings is 6. The SMILES string of the molecule is CC(C)(C)c1cc2c(c(C(C)(C)C)c1)OOP(=O)([O-])OOc1c(cc(C(C)(C)C)cc1C(C)(C)C)C2.CC(C)(C)c1cc2c(c(C(C)(C)C)c1)OOP(=O)([O-])OOc1c(cc(C(C)(C)C)cc1C(C)(C)C)C2.CC(C)(C)c1cc2c(c(C(C)(C)C)c1)OOP(=O)([O-])OOc1c(cc(C(C)(C)C)cc1C(C)(C)C)C2.[Al+3]. The van der Waals surface area contributed by atoms with Crippen LogP contribution in [-0.2, 0) is 126 Å². The second kappa shape index (κ2) is 31.6. The van der Waals surface area contributed by atoms with Gasteiger partial charge in [-0.25, -0.2) is 0 Å². The maximum atomic E-state index is 12.6. The van der Waals surface area contributed by atoms with Gasteiger partial charge in [0.2, 0.25) is 0 Å². The molecule has 0 bridgehead atoms. The standard InChI is InChI=1S/3C29H43O6P.Al/c3*1-26(2,3)20-14-18-13-19-15-21(27(4,5)6)17-23(29(10,11)12)25(19)33-35-36(30,31)34-32-24(18)22(16-20)28(7,8)9;/h3*14-17H,13H2,1-12H3,(H,30,31);/q;;;+3/p-3. The molecule has 109 heavy (non-hydrogen) atoms. The van der Waals surface area contributed by atoms with E-state index in [1.165, 1.54) is 0 Å². The Morgan fingerprint density at radius 1 is 0.211 bits per heavy atom. The average molecular weight is 1580 g/mol. The summed E-state index contributed by atoms with van der Waals surface area (Å²) >= 11 is 0. The first kappa shape index (κ1) is 92.8. The minimum absolute atomic E-state index is 0. The van der Waals surface area contributed by atoms with E-state index >= 15 is 0 Å². The van der Waals surface area contributed by atoms with Crippen LogP contribution in [0.5, 0.6) is 34.5 Å². The quantitative estimate of drug-likeness (QED) is 0.0781. The van der Waals surface area contributed by atoms with Crippen molar-refractivity contribution in [2.24, 2.45) is 0 Å². The zero-order valence-electron chi connectivity index (χ0n) is 72.3. The fourth-order valence-electron chi connectivity index (χ4n) is 12.6. The summed E-state index contributed by atoms with van der Waals surface area (Å²) in [6, 6.07) is 24.9. The molecule has 0 fully saturated rings. The van der Waals surface area contributed by atoms with Crippen molar-refractivity contribution in [3.63, 3.8) is 0 Å². The predicted molar refractivity (Wildman–Crippen MR) is 430 cm³/mol. The largest absolute Gasteiger partial charge is 3.00 e. The topological polar surface area (TPSA) is 231 Å². The van der Waals surface area contributed by atoms with Crippen LogP contribution < -0.4 is 44.0 Å². The molecule has 0 atom stereocenters. The predicted octanol–water partition coefficient (Wildman–Crippen LogP) is 22.3. The van der Waals surface area contributed by atoms with E-state index < -0.39 is 23.5 Å². The molecule has 9 rings (SSSR count). The summed E-state index contributed by atoms with van der Waals surface area (Å²) in [6.07, 6.45) is 1.33. The zero-order chi connectivity index (χ0) is 82.4. The Morgan fingerprint density at radius 2 is 0.321 bits per heavy atom. The molecule has 0 aliphatic carbocycles. The molecule has 18 nitrogen and oxygen atoms in total. The number of phosphoric acid groups is 3. The molecule has 3 aliphatic heterocycles. The van der Waals surface area contributed by atoms with E-state index in [9.17, 15) is 28.4 Å². The van der Waals surface area contributed by atoms with Crippen LogP contribution in [0.25, 0.3) is 0 Å². The molecule has 6 aromatic carbocycles. The number of hydrogen-bond acceptors (Lipinski definition) is 18. The number of rotatable bonds is 0. The average Bonchev–Trinajstić information content (AvgIpc) is 0.765. The maximum Gasteiger partial charge on any atom is 3.00 e. The van der Waals surface area contributed by atoms with E-state index in [4.69, 9.17) is 57.4 Å². The van der Waals surface area contributed by atoms with Crippen molar-refractivity contribution in [3.05, 3.63) is 173 Å². The molecule has 6 aromatic rings. The van der Waals surface area contributed by atoms with Crippen LogP contribution in [0.15, 0.2) is 72.8 Å². The van der Waals surface area contributed by atoms with Gasteiger partial charge >= 0.3 is 40.8 Å². The van der Waals surface area contributed by atoms with Gasteiger partial charge in [0.05, 0.1) is 0 Å². The van der Waals surface area contributed by atoms with Crippen molar-refractivity contribution in [3.8, 4) is 34.5 Å². The number of fused-ring (bicyclic) bond motifs is 6. The van der Waals surface area contributed by atoms with E-state index in [1.807, 2.05) is 0 Å². The van der Waals surface area contributed by atoms with Crippen molar-refractivity contribution >= 4 is 40.8 Å². The van der Waals surface area contributed by atoms with E-state index in [0.29, 0.717) is 53.8 Å². The molecule has 0 aromatic heterocycles. The molecule has 0 saturated heterocycles. The maximum absolute atomic E-state index is 12.6. The summed E-state index contributed by atoms with van der Waals surface area (Å²) in [5.74, 6) is 2.34. The van der Waals surface area contributed by atoms with Crippen LogP contribution in [0.2, 0.25) is 0 Å². The fourth-order valence-corrected chi connectivity index (χ4v) is 13.7. The van der Waals surface area contributed by atoms with Gasteiger partial charge in [0.15, 0.2) is 34.5 Å². The van der Waals surface area contributed by atoms with E-state index in [0.717, 1.165) is 100 Å². The van der Waals surface area contributed by atoms with Gasteiger partial charge in [-0.15, -0.1) is 28.0 Å². The van der Waals surface area contributed by atoms with Gasteiger partial charge in [-0.1, -0.05) is 322 Å². The number of hydrogen-bond donors (Lipinski definition) is 0. The van der Waals surface area contributed by atoms with Gasteiger partial charge in [-0.3, -0.25) is 13.7 Å². The van der Waals surface area contributed by atoms with Crippen LogP contribution in [-0.4, -0.2) is 17.4 Å². The molecule has 0 radical (unpaired) electrons. The minimum atomic E-state index is -4.94. The Hall–Kier alpha value is -5.02. The summed E-state index contributed by atoms with van der Waals surface area (Å²) in [5.41, 5.74) is 14.0. The second-order valence-electron chi connectivity index (χ2n) is 41.9. The van der Waals surface area contributed by atoms with Gasteiger partial charge in [0, 0.05) is 86.0 Å². The summed E-state index contributed by atoms with van der Waals surface area (Å²) in [4.78, 5) is 71.1. The Labute approximate surface area is 663 Å². The van der Waals surface area contributed by atoms with E-state index in [-0.39, 0.29) is 82.3 Å². The van der Waals surface area contributed by atoms with Gasteiger partial charge < -0.3 is 44.0 Å². The van der Waals surface area contributed by atoms with Gasteiger partial charge in [0.1, 0.15) is 0 Å². The van der Waals surface area contributed by atoms with Crippen molar-refractivity contribution in [2.45, 2.75) is 333 Å². The van der Waals surface area contributed by atoms with Crippen molar-refractivity contribution in [1.82, 2.24) is 0 Å². The normalized spacial score (nSPS) is 16.8. The third-order valence-corrected chi connectivity index (χ3v) is 21.0.